The van der Waals surface area contributed by atoms with Gasteiger partial charge in [-0.1, -0.05) is 6.07 Å². The summed E-state index contributed by atoms with van der Waals surface area (Å²) in [5.74, 6) is 0.559. The van der Waals surface area contributed by atoms with E-state index in [9.17, 15) is 12.8 Å². The van der Waals surface area contributed by atoms with Crippen molar-refractivity contribution in [3.05, 3.63) is 96.7 Å². The van der Waals surface area contributed by atoms with E-state index in [0.29, 0.717) is 23.1 Å². The van der Waals surface area contributed by atoms with Gasteiger partial charge >= 0.3 is 0 Å². The summed E-state index contributed by atoms with van der Waals surface area (Å²) in [6, 6.07) is 18.2. The molecule has 0 aliphatic carbocycles. The van der Waals surface area contributed by atoms with Crippen LogP contribution in [0, 0.1) is 5.82 Å². The summed E-state index contributed by atoms with van der Waals surface area (Å²) in [4.78, 5) is 15.4. The van der Waals surface area contributed by atoms with E-state index < -0.39 is 10.0 Å². The van der Waals surface area contributed by atoms with Crippen molar-refractivity contribution in [1.29, 1.82) is 0 Å². The Balaban J connectivity index is 1.18. The van der Waals surface area contributed by atoms with E-state index in [2.05, 4.69) is 36.6 Å². The predicted octanol–water partition coefficient (Wildman–Crippen LogP) is 4.78. The number of aromatic nitrogens is 3. The Kier molecular flexibility index (Phi) is 8.10. The van der Waals surface area contributed by atoms with Crippen LogP contribution in [0.4, 0.5) is 27.5 Å². The molecular formula is C28H30FN7O2S. The maximum atomic E-state index is 13.3. The number of piperidine rings is 1. The highest BCUT2D eigenvalue weighted by Gasteiger charge is 2.30. The lowest BCUT2D eigenvalue weighted by molar-refractivity contribution is 0.163. The summed E-state index contributed by atoms with van der Waals surface area (Å²) < 4.78 is 41.3. The molecule has 2 aromatic heterocycles. The van der Waals surface area contributed by atoms with Crippen LogP contribution in [0.15, 0.2) is 90.2 Å². The number of nitrogens with zero attached hydrogens (tertiary/aromatic N) is 5. The largest absolute Gasteiger partial charge is 0.340 e. The fourth-order valence-electron chi connectivity index (χ4n) is 4.56. The van der Waals surface area contributed by atoms with Crippen LogP contribution < -0.4 is 10.6 Å². The number of halogens is 1. The molecule has 0 spiro atoms. The molecule has 5 rings (SSSR count). The minimum atomic E-state index is -3.64. The maximum absolute atomic E-state index is 13.3. The van der Waals surface area contributed by atoms with Gasteiger partial charge < -0.3 is 10.6 Å². The lowest BCUT2D eigenvalue weighted by atomic mass is 10.0. The number of sulfonamides is 1. The SMILES string of the molecule is CN(C1CCN(Cc2cccnc2)CC1)S(=O)(=O)c1ccc(Nc2nccc(Nc3ccc(F)cc3)n2)cc1. The van der Waals surface area contributed by atoms with Crippen molar-refractivity contribution in [2.75, 3.05) is 30.8 Å². The second-order valence-electron chi connectivity index (χ2n) is 9.44. The zero-order chi connectivity index (χ0) is 27.2. The number of nitrogens with one attached hydrogen (secondary N) is 2. The topological polar surface area (TPSA) is 103 Å². The smallest absolute Gasteiger partial charge is 0.243 e. The molecule has 0 atom stereocenters. The number of anilines is 4. The molecule has 0 saturated carbocycles. The van der Waals surface area contributed by atoms with Crippen LogP contribution >= 0.6 is 0 Å². The minimum Gasteiger partial charge on any atom is -0.340 e. The fourth-order valence-corrected chi connectivity index (χ4v) is 5.98. The molecule has 0 radical (unpaired) electrons. The van der Waals surface area contributed by atoms with Gasteiger partial charge in [0, 0.05) is 62.7 Å². The Morgan fingerprint density at radius 1 is 0.949 bits per heavy atom. The van der Waals surface area contributed by atoms with Crippen molar-refractivity contribution < 1.29 is 12.8 Å². The van der Waals surface area contributed by atoms with Crippen LogP contribution in [0.5, 0.6) is 0 Å². The Bertz CT molecular complexity index is 1480. The van der Waals surface area contributed by atoms with Gasteiger partial charge in [0.05, 0.1) is 4.90 Å². The maximum Gasteiger partial charge on any atom is 0.243 e. The summed E-state index contributed by atoms with van der Waals surface area (Å²) in [6.07, 6.45) is 6.77. The first-order valence-corrected chi connectivity index (χ1v) is 14.1. The number of pyridine rings is 1. The van der Waals surface area contributed by atoms with E-state index in [4.69, 9.17) is 0 Å². The molecule has 0 amide bonds. The van der Waals surface area contributed by atoms with E-state index in [-0.39, 0.29) is 16.8 Å². The van der Waals surface area contributed by atoms with Crippen molar-refractivity contribution in [2.45, 2.75) is 30.3 Å². The summed E-state index contributed by atoms with van der Waals surface area (Å²) in [6.45, 7) is 2.48. The van der Waals surface area contributed by atoms with Gasteiger partial charge in [-0.15, -0.1) is 0 Å². The van der Waals surface area contributed by atoms with Crippen LogP contribution in [0.3, 0.4) is 0 Å². The summed E-state index contributed by atoms with van der Waals surface area (Å²) in [5.41, 5.74) is 2.50. The molecule has 1 fully saturated rings. The highest BCUT2D eigenvalue weighted by molar-refractivity contribution is 7.89. The second kappa shape index (κ2) is 11.9. The number of hydrogen-bond acceptors (Lipinski definition) is 8. The highest BCUT2D eigenvalue weighted by atomic mass is 32.2. The van der Waals surface area contributed by atoms with Gasteiger partial charge in [0.1, 0.15) is 11.6 Å². The average molecular weight is 548 g/mol. The molecule has 4 aromatic rings. The molecule has 0 bridgehead atoms. The molecular weight excluding hydrogens is 517 g/mol. The summed E-state index contributed by atoms with van der Waals surface area (Å²) in [5, 5.41) is 6.19. The first-order valence-electron chi connectivity index (χ1n) is 12.7. The average Bonchev–Trinajstić information content (AvgIpc) is 2.95. The standard InChI is InChI=1S/C28H30FN7O2S/c1-35(25-13-17-36(18-14-25)20-21-3-2-15-30-19-21)39(37,38)26-10-8-24(9-11-26)33-28-31-16-12-27(34-28)32-23-6-4-22(29)5-7-23/h2-12,15-16,19,25H,13-14,17-18,20H2,1H3,(H2,31,32,33,34). The third-order valence-corrected chi connectivity index (χ3v) is 8.68. The Labute approximate surface area is 227 Å². The van der Waals surface area contributed by atoms with Gasteiger partial charge in [-0.3, -0.25) is 9.88 Å². The minimum absolute atomic E-state index is 0.0531. The van der Waals surface area contributed by atoms with E-state index in [1.165, 1.54) is 16.4 Å². The number of hydrogen-bond donors (Lipinski definition) is 2. The quantitative estimate of drug-likeness (QED) is 0.309. The molecule has 9 nitrogen and oxygen atoms in total. The normalized spacial score (nSPS) is 14.8. The third-order valence-electron chi connectivity index (χ3n) is 6.76. The van der Waals surface area contributed by atoms with Crippen molar-refractivity contribution in [3.8, 4) is 0 Å². The van der Waals surface area contributed by atoms with Crippen LogP contribution in [0.2, 0.25) is 0 Å². The lowest BCUT2D eigenvalue weighted by Gasteiger charge is -2.36. The van der Waals surface area contributed by atoms with Crippen LogP contribution in [0.25, 0.3) is 0 Å². The van der Waals surface area contributed by atoms with Crippen molar-refractivity contribution in [3.63, 3.8) is 0 Å². The summed E-state index contributed by atoms with van der Waals surface area (Å²) in [7, 11) is -1.98. The number of benzene rings is 2. The Morgan fingerprint density at radius 3 is 2.33 bits per heavy atom. The van der Waals surface area contributed by atoms with Gasteiger partial charge in [-0.25, -0.2) is 17.8 Å². The molecule has 202 valence electrons. The molecule has 1 aliphatic rings. The monoisotopic (exact) mass is 547 g/mol. The number of rotatable bonds is 9. The molecule has 2 aromatic carbocycles. The van der Waals surface area contributed by atoms with Crippen molar-refractivity contribution in [1.82, 2.24) is 24.2 Å². The first-order chi connectivity index (χ1) is 18.9. The zero-order valence-corrected chi connectivity index (χ0v) is 22.4. The molecule has 1 aliphatic heterocycles. The van der Waals surface area contributed by atoms with Gasteiger partial charge in [0.25, 0.3) is 0 Å². The van der Waals surface area contributed by atoms with Crippen molar-refractivity contribution >= 4 is 33.2 Å². The highest BCUT2D eigenvalue weighted by Crippen LogP contribution is 2.25. The zero-order valence-electron chi connectivity index (χ0n) is 21.5. The Morgan fingerprint density at radius 2 is 1.64 bits per heavy atom. The van der Waals surface area contributed by atoms with Crippen molar-refractivity contribution in [2.24, 2.45) is 0 Å². The summed E-state index contributed by atoms with van der Waals surface area (Å²) >= 11 is 0. The number of likely N-dealkylation sites (tertiary alicyclic amines) is 1. The van der Waals surface area contributed by atoms with E-state index in [1.807, 2.05) is 12.3 Å². The van der Waals surface area contributed by atoms with Crippen LogP contribution in [-0.2, 0) is 16.6 Å². The third kappa shape index (κ3) is 6.75. The van der Waals surface area contributed by atoms with Gasteiger partial charge in [-0.2, -0.15) is 9.29 Å². The van der Waals surface area contributed by atoms with Gasteiger partial charge in [0.15, 0.2) is 0 Å². The molecule has 0 unspecified atom stereocenters. The van der Waals surface area contributed by atoms with Gasteiger partial charge in [0.2, 0.25) is 16.0 Å². The van der Waals surface area contributed by atoms with E-state index >= 15 is 0 Å². The second-order valence-corrected chi connectivity index (χ2v) is 11.4. The first kappa shape index (κ1) is 26.7. The molecule has 11 heteroatoms. The van der Waals surface area contributed by atoms with Crippen LogP contribution in [-0.4, -0.2) is 58.8 Å². The van der Waals surface area contributed by atoms with Gasteiger partial charge in [-0.05, 0) is 79.1 Å². The molecule has 39 heavy (non-hydrogen) atoms. The lowest BCUT2D eigenvalue weighted by Crippen LogP contribution is -2.45. The molecule has 3 heterocycles. The van der Waals surface area contributed by atoms with E-state index in [1.54, 1.807) is 61.9 Å². The van der Waals surface area contributed by atoms with E-state index in [0.717, 1.165) is 38.0 Å². The Hall–Kier alpha value is -3.93. The van der Waals surface area contributed by atoms with Crippen LogP contribution in [0.1, 0.15) is 18.4 Å². The molecule has 2 N–H and O–H groups in total. The molecule has 1 saturated heterocycles. The fraction of sp³-hybridized carbons (Fsp3) is 0.250. The predicted molar refractivity (Wildman–Crippen MR) is 149 cm³/mol.